The molecule has 4 heteroatoms. The predicted molar refractivity (Wildman–Crippen MR) is 72.3 cm³/mol. The SMILES string of the molecule is Cc1ccccc1C(N)CNC(=O)OC(C)(C)C. The van der Waals surface area contributed by atoms with Crippen LogP contribution in [0.25, 0.3) is 0 Å². The van der Waals surface area contributed by atoms with E-state index in [-0.39, 0.29) is 6.04 Å². The number of carbonyl (C=O) groups excluding carboxylic acids is 1. The van der Waals surface area contributed by atoms with Gasteiger partial charge in [0.2, 0.25) is 0 Å². The van der Waals surface area contributed by atoms with Crippen LogP contribution < -0.4 is 11.1 Å². The summed E-state index contributed by atoms with van der Waals surface area (Å²) in [4.78, 5) is 11.5. The molecule has 0 saturated carbocycles. The first kappa shape index (κ1) is 14.5. The molecule has 1 aromatic rings. The highest BCUT2D eigenvalue weighted by Gasteiger charge is 2.17. The van der Waals surface area contributed by atoms with Gasteiger partial charge in [-0.15, -0.1) is 0 Å². The molecule has 1 rings (SSSR count). The lowest BCUT2D eigenvalue weighted by molar-refractivity contribution is 0.0524. The summed E-state index contributed by atoms with van der Waals surface area (Å²) in [5.41, 5.74) is 7.71. The number of carbonyl (C=O) groups is 1. The third-order valence-corrected chi connectivity index (χ3v) is 2.45. The highest BCUT2D eigenvalue weighted by atomic mass is 16.6. The average Bonchev–Trinajstić information content (AvgIpc) is 2.24. The predicted octanol–water partition coefficient (Wildman–Crippen LogP) is 2.52. The van der Waals surface area contributed by atoms with Gasteiger partial charge in [0, 0.05) is 12.6 Å². The van der Waals surface area contributed by atoms with Crippen LogP contribution in [0.15, 0.2) is 24.3 Å². The molecule has 0 fully saturated rings. The van der Waals surface area contributed by atoms with Crippen LogP contribution in [-0.2, 0) is 4.74 Å². The number of hydrogen-bond donors (Lipinski definition) is 2. The van der Waals surface area contributed by atoms with Gasteiger partial charge in [0.1, 0.15) is 5.60 Å². The van der Waals surface area contributed by atoms with Crippen molar-refractivity contribution in [2.75, 3.05) is 6.54 Å². The Morgan fingerprint density at radius 3 is 2.56 bits per heavy atom. The minimum Gasteiger partial charge on any atom is -0.444 e. The van der Waals surface area contributed by atoms with Crippen LogP contribution in [0.1, 0.15) is 37.9 Å². The smallest absolute Gasteiger partial charge is 0.407 e. The number of nitrogens with one attached hydrogen (secondary N) is 1. The second kappa shape index (κ2) is 5.87. The first-order valence-electron chi connectivity index (χ1n) is 6.07. The van der Waals surface area contributed by atoms with Gasteiger partial charge >= 0.3 is 6.09 Å². The number of benzene rings is 1. The Hall–Kier alpha value is -1.55. The molecule has 0 heterocycles. The molecular formula is C14H22N2O2. The molecular weight excluding hydrogens is 228 g/mol. The van der Waals surface area contributed by atoms with Gasteiger partial charge in [-0.2, -0.15) is 0 Å². The Kier molecular flexibility index (Phi) is 4.73. The van der Waals surface area contributed by atoms with E-state index in [1.165, 1.54) is 0 Å². The maximum Gasteiger partial charge on any atom is 0.407 e. The van der Waals surface area contributed by atoms with Gasteiger partial charge in [0.05, 0.1) is 0 Å². The average molecular weight is 250 g/mol. The third-order valence-electron chi connectivity index (χ3n) is 2.45. The van der Waals surface area contributed by atoms with Crippen LogP contribution in [0.5, 0.6) is 0 Å². The molecule has 3 N–H and O–H groups in total. The molecule has 0 aliphatic heterocycles. The number of ether oxygens (including phenoxy) is 1. The van der Waals surface area contributed by atoms with E-state index in [2.05, 4.69) is 5.32 Å². The lowest BCUT2D eigenvalue weighted by Gasteiger charge is -2.21. The molecule has 0 saturated heterocycles. The third kappa shape index (κ3) is 4.75. The van der Waals surface area contributed by atoms with Gasteiger partial charge < -0.3 is 15.8 Å². The molecule has 100 valence electrons. The van der Waals surface area contributed by atoms with Crippen molar-refractivity contribution >= 4 is 6.09 Å². The highest BCUT2D eigenvalue weighted by molar-refractivity contribution is 5.67. The van der Waals surface area contributed by atoms with Gasteiger partial charge in [-0.25, -0.2) is 4.79 Å². The van der Waals surface area contributed by atoms with Crippen LogP contribution in [0.3, 0.4) is 0 Å². The maximum atomic E-state index is 11.5. The van der Waals surface area contributed by atoms with Gasteiger partial charge in [-0.1, -0.05) is 24.3 Å². The Morgan fingerprint density at radius 1 is 1.39 bits per heavy atom. The Balaban J connectivity index is 2.49. The van der Waals surface area contributed by atoms with Crippen molar-refractivity contribution in [1.82, 2.24) is 5.32 Å². The highest BCUT2D eigenvalue weighted by Crippen LogP contribution is 2.14. The molecule has 1 amide bonds. The standard InChI is InChI=1S/C14H22N2O2/c1-10-7-5-6-8-11(10)12(15)9-16-13(17)18-14(2,3)4/h5-8,12H,9,15H2,1-4H3,(H,16,17). The fourth-order valence-corrected chi connectivity index (χ4v) is 1.62. The second-order valence-electron chi connectivity index (χ2n) is 5.35. The zero-order chi connectivity index (χ0) is 13.8. The van der Waals surface area contributed by atoms with Crippen LogP contribution in [0.4, 0.5) is 4.79 Å². The lowest BCUT2D eigenvalue weighted by atomic mass is 10.0. The zero-order valence-electron chi connectivity index (χ0n) is 11.5. The topological polar surface area (TPSA) is 64.3 Å². The van der Waals surface area contributed by atoms with Crippen LogP contribution in [0, 0.1) is 6.92 Å². The molecule has 18 heavy (non-hydrogen) atoms. The van der Waals surface area contributed by atoms with E-state index in [0.29, 0.717) is 6.54 Å². The molecule has 1 unspecified atom stereocenters. The summed E-state index contributed by atoms with van der Waals surface area (Å²) in [6.07, 6.45) is -0.438. The number of nitrogens with two attached hydrogens (primary N) is 1. The van der Waals surface area contributed by atoms with E-state index in [1.807, 2.05) is 52.0 Å². The van der Waals surface area contributed by atoms with Crippen molar-refractivity contribution < 1.29 is 9.53 Å². The zero-order valence-corrected chi connectivity index (χ0v) is 11.5. The molecule has 4 nitrogen and oxygen atoms in total. The maximum absolute atomic E-state index is 11.5. The van der Waals surface area contributed by atoms with Crippen molar-refractivity contribution in [3.63, 3.8) is 0 Å². The summed E-state index contributed by atoms with van der Waals surface area (Å²) in [6, 6.07) is 7.65. The first-order valence-corrected chi connectivity index (χ1v) is 6.07. The van der Waals surface area contributed by atoms with Crippen molar-refractivity contribution in [2.24, 2.45) is 5.73 Å². The number of amides is 1. The van der Waals surface area contributed by atoms with Crippen LogP contribution >= 0.6 is 0 Å². The van der Waals surface area contributed by atoms with E-state index in [0.717, 1.165) is 11.1 Å². The van der Waals surface area contributed by atoms with Crippen molar-refractivity contribution in [2.45, 2.75) is 39.3 Å². The summed E-state index contributed by atoms with van der Waals surface area (Å²) in [6.45, 7) is 7.85. The van der Waals surface area contributed by atoms with Gasteiger partial charge in [-0.3, -0.25) is 0 Å². The minimum atomic E-state index is -0.489. The normalized spacial score (nSPS) is 12.9. The molecule has 0 bridgehead atoms. The molecule has 0 spiro atoms. The van der Waals surface area contributed by atoms with Crippen LogP contribution in [0.2, 0.25) is 0 Å². The van der Waals surface area contributed by atoms with Crippen molar-refractivity contribution in [3.8, 4) is 0 Å². The summed E-state index contributed by atoms with van der Waals surface area (Å²) in [5.74, 6) is 0. The number of rotatable bonds is 3. The number of aryl methyl sites for hydroxylation is 1. The Labute approximate surface area is 109 Å². The fourth-order valence-electron chi connectivity index (χ4n) is 1.62. The fraction of sp³-hybridized carbons (Fsp3) is 0.500. The van der Waals surface area contributed by atoms with E-state index in [1.54, 1.807) is 0 Å². The molecule has 0 radical (unpaired) electrons. The molecule has 1 atom stereocenters. The van der Waals surface area contributed by atoms with E-state index >= 15 is 0 Å². The number of hydrogen-bond acceptors (Lipinski definition) is 3. The first-order chi connectivity index (χ1) is 8.29. The van der Waals surface area contributed by atoms with E-state index in [4.69, 9.17) is 10.5 Å². The van der Waals surface area contributed by atoms with E-state index in [9.17, 15) is 4.79 Å². The van der Waals surface area contributed by atoms with E-state index < -0.39 is 11.7 Å². The molecule has 0 aliphatic carbocycles. The van der Waals surface area contributed by atoms with Gasteiger partial charge in [0.15, 0.2) is 0 Å². The summed E-state index contributed by atoms with van der Waals surface area (Å²) >= 11 is 0. The van der Waals surface area contributed by atoms with Crippen molar-refractivity contribution in [3.05, 3.63) is 35.4 Å². The van der Waals surface area contributed by atoms with Crippen LogP contribution in [-0.4, -0.2) is 18.2 Å². The van der Waals surface area contributed by atoms with Crippen molar-refractivity contribution in [1.29, 1.82) is 0 Å². The Bertz CT molecular complexity index is 411. The molecule has 0 aromatic heterocycles. The van der Waals surface area contributed by atoms with Gasteiger partial charge in [0.25, 0.3) is 0 Å². The molecule has 0 aliphatic rings. The summed E-state index contributed by atoms with van der Waals surface area (Å²) < 4.78 is 5.15. The second-order valence-corrected chi connectivity index (χ2v) is 5.35. The largest absolute Gasteiger partial charge is 0.444 e. The summed E-state index contributed by atoms with van der Waals surface area (Å²) in [7, 11) is 0. The number of alkyl carbamates (subject to hydrolysis) is 1. The molecule has 1 aromatic carbocycles. The quantitative estimate of drug-likeness (QED) is 0.866. The monoisotopic (exact) mass is 250 g/mol. The lowest BCUT2D eigenvalue weighted by Crippen LogP contribution is -2.36. The van der Waals surface area contributed by atoms with Gasteiger partial charge in [-0.05, 0) is 38.8 Å². The minimum absolute atomic E-state index is 0.223. The Morgan fingerprint density at radius 2 is 2.00 bits per heavy atom. The summed E-state index contributed by atoms with van der Waals surface area (Å²) in [5, 5.41) is 2.68.